The van der Waals surface area contributed by atoms with E-state index in [1.54, 1.807) is 20.3 Å². The second-order valence-electron chi connectivity index (χ2n) is 5.54. The summed E-state index contributed by atoms with van der Waals surface area (Å²) in [4.78, 5) is 7.63. The molecule has 24 heavy (non-hydrogen) atoms. The minimum Gasteiger partial charge on any atom is -0.366 e. The number of benzene rings is 2. The molecule has 0 fully saturated rings. The summed E-state index contributed by atoms with van der Waals surface area (Å²) in [6.45, 7) is 4.53. The summed E-state index contributed by atoms with van der Waals surface area (Å²) in [5.41, 5.74) is 1.78. The van der Waals surface area contributed by atoms with Gasteiger partial charge >= 0.3 is 0 Å². The highest BCUT2D eigenvalue weighted by Gasteiger charge is 2.15. The van der Waals surface area contributed by atoms with E-state index in [0.29, 0.717) is 16.9 Å². The first kappa shape index (κ1) is 17.8. The van der Waals surface area contributed by atoms with Crippen molar-refractivity contribution in [2.45, 2.75) is 13.8 Å². The number of halogens is 3. The van der Waals surface area contributed by atoms with Gasteiger partial charge in [0.15, 0.2) is 0 Å². The fourth-order valence-electron chi connectivity index (χ4n) is 2.26. The smallest absolute Gasteiger partial charge is 0.149 e. The first-order valence-corrected chi connectivity index (χ1v) is 7.56. The van der Waals surface area contributed by atoms with Crippen molar-refractivity contribution in [2.24, 2.45) is 4.99 Å². The number of hydrogen-bond acceptors (Lipinski definition) is 2. The summed E-state index contributed by atoms with van der Waals surface area (Å²) >= 11 is 0. The van der Waals surface area contributed by atoms with Gasteiger partial charge in [-0.25, -0.2) is 18.2 Å². The number of hydrogen-bond donors (Lipinski definition) is 0. The molecule has 0 saturated carbocycles. The van der Waals surface area contributed by atoms with Crippen molar-refractivity contribution in [1.82, 2.24) is 4.90 Å². The van der Waals surface area contributed by atoms with Crippen LogP contribution in [0.1, 0.15) is 12.5 Å². The molecule has 2 aromatic rings. The summed E-state index contributed by atoms with van der Waals surface area (Å²) < 4.78 is 41.1. The Kier molecular flexibility index (Phi) is 5.49. The Balaban J connectivity index is 2.46. The van der Waals surface area contributed by atoms with Gasteiger partial charge in [-0.15, -0.1) is 0 Å². The molecule has 0 aliphatic carbocycles. The number of aliphatic imine (C=N–C) groups is 1. The molecule has 0 bridgehead atoms. The molecule has 0 aliphatic rings. The van der Waals surface area contributed by atoms with E-state index in [0.717, 1.165) is 12.6 Å². The summed E-state index contributed by atoms with van der Waals surface area (Å²) in [5.74, 6) is -1.85. The zero-order valence-electron chi connectivity index (χ0n) is 14.1. The van der Waals surface area contributed by atoms with E-state index in [4.69, 9.17) is 0 Å². The van der Waals surface area contributed by atoms with E-state index in [1.807, 2.05) is 18.9 Å². The van der Waals surface area contributed by atoms with Crippen LogP contribution in [-0.2, 0) is 0 Å². The maximum atomic E-state index is 14.0. The van der Waals surface area contributed by atoms with E-state index in [-0.39, 0.29) is 5.69 Å². The molecule has 2 rings (SSSR count). The van der Waals surface area contributed by atoms with Crippen LogP contribution in [0.3, 0.4) is 0 Å². The van der Waals surface area contributed by atoms with Gasteiger partial charge in [0.25, 0.3) is 0 Å². The lowest BCUT2D eigenvalue weighted by atomic mass is 10.1. The molecule has 3 nitrogen and oxygen atoms in total. The highest BCUT2D eigenvalue weighted by atomic mass is 19.1. The molecule has 0 saturated heterocycles. The molecule has 0 aliphatic heterocycles. The molecule has 2 aromatic carbocycles. The van der Waals surface area contributed by atoms with Crippen molar-refractivity contribution >= 4 is 23.4 Å². The van der Waals surface area contributed by atoms with Gasteiger partial charge in [-0.1, -0.05) is 0 Å². The molecule has 128 valence electrons. The number of nitrogens with zero attached hydrogens (tertiary/aromatic N) is 3. The van der Waals surface area contributed by atoms with Crippen molar-refractivity contribution in [3.05, 3.63) is 53.3 Å². The lowest BCUT2D eigenvalue weighted by Crippen LogP contribution is -2.15. The van der Waals surface area contributed by atoms with Gasteiger partial charge in [0.05, 0.1) is 17.7 Å². The van der Waals surface area contributed by atoms with Crippen LogP contribution in [-0.4, -0.2) is 31.9 Å². The molecule has 0 N–H and O–H groups in total. The Labute approximate surface area is 140 Å². The van der Waals surface area contributed by atoms with Crippen molar-refractivity contribution in [2.75, 3.05) is 25.5 Å². The van der Waals surface area contributed by atoms with Crippen LogP contribution in [0.4, 0.5) is 30.2 Å². The van der Waals surface area contributed by atoms with Crippen LogP contribution < -0.4 is 4.90 Å². The van der Waals surface area contributed by atoms with Gasteiger partial charge in [0.2, 0.25) is 0 Å². The summed E-state index contributed by atoms with van der Waals surface area (Å²) in [7, 11) is 3.46. The van der Waals surface area contributed by atoms with Crippen molar-refractivity contribution < 1.29 is 13.2 Å². The van der Waals surface area contributed by atoms with Crippen LogP contribution in [0.5, 0.6) is 0 Å². The lowest BCUT2D eigenvalue weighted by Gasteiger charge is -2.23. The largest absolute Gasteiger partial charge is 0.366 e. The molecule has 0 amide bonds. The van der Waals surface area contributed by atoms with Crippen molar-refractivity contribution in [3.8, 4) is 0 Å². The van der Waals surface area contributed by atoms with Crippen LogP contribution >= 0.6 is 0 Å². The van der Waals surface area contributed by atoms with Crippen LogP contribution in [0, 0.1) is 24.4 Å². The Hall–Kier alpha value is -2.50. The molecule has 0 atom stereocenters. The fraction of sp³-hybridized carbons (Fsp3) is 0.278. The van der Waals surface area contributed by atoms with Crippen LogP contribution in [0.2, 0.25) is 0 Å². The Bertz CT molecular complexity index is 759. The van der Waals surface area contributed by atoms with E-state index < -0.39 is 17.5 Å². The van der Waals surface area contributed by atoms with E-state index in [1.165, 1.54) is 29.2 Å². The Morgan fingerprint density at radius 1 is 1.00 bits per heavy atom. The molecule has 0 heterocycles. The van der Waals surface area contributed by atoms with Crippen LogP contribution in [0.25, 0.3) is 0 Å². The molecule has 0 unspecified atom stereocenters. The van der Waals surface area contributed by atoms with E-state index in [2.05, 4.69) is 4.99 Å². The molecule has 0 radical (unpaired) electrons. The molecule has 6 heteroatoms. The summed E-state index contributed by atoms with van der Waals surface area (Å²) in [6.07, 6.45) is 1.62. The van der Waals surface area contributed by atoms with Crippen LogP contribution in [0.15, 0.2) is 35.3 Å². The van der Waals surface area contributed by atoms with Crippen molar-refractivity contribution in [3.63, 3.8) is 0 Å². The van der Waals surface area contributed by atoms with Gasteiger partial charge in [-0.05, 0) is 43.7 Å². The fourth-order valence-corrected chi connectivity index (χ4v) is 2.26. The summed E-state index contributed by atoms with van der Waals surface area (Å²) in [6, 6.07) is 5.92. The predicted molar refractivity (Wildman–Crippen MR) is 92.0 cm³/mol. The normalized spacial score (nSPS) is 11.1. The maximum absolute atomic E-state index is 14.0. The van der Waals surface area contributed by atoms with Gasteiger partial charge in [-0.2, -0.15) is 0 Å². The topological polar surface area (TPSA) is 18.8 Å². The Morgan fingerprint density at radius 3 is 2.33 bits per heavy atom. The van der Waals surface area contributed by atoms with Gasteiger partial charge in [0.1, 0.15) is 17.5 Å². The van der Waals surface area contributed by atoms with Gasteiger partial charge < -0.3 is 9.80 Å². The number of anilines is 2. The highest BCUT2D eigenvalue weighted by Crippen LogP contribution is 2.34. The lowest BCUT2D eigenvalue weighted by molar-refractivity contribution is 0.552. The Morgan fingerprint density at radius 2 is 1.71 bits per heavy atom. The third-order valence-electron chi connectivity index (χ3n) is 3.84. The molecule has 0 spiro atoms. The molecule has 0 aromatic heterocycles. The minimum atomic E-state index is -0.711. The minimum absolute atomic E-state index is 0.158. The quantitative estimate of drug-likeness (QED) is 0.578. The van der Waals surface area contributed by atoms with Gasteiger partial charge in [-0.3, -0.25) is 0 Å². The molecular weight excluding hydrogens is 315 g/mol. The highest BCUT2D eigenvalue weighted by molar-refractivity contribution is 5.73. The average molecular weight is 335 g/mol. The SMILES string of the molecule is CCN(C)C=Nc1cc(F)cc(N(C)c2ccc(F)cc2F)c1C. The zero-order valence-corrected chi connectivity index (χ0v) is 14.1. The maximum Gasteiger partial charge on any atom is 0.149 e. The van der Waals surface area contributed by atoms with E-state index >= 15 is 0 Å². The zero-order chi connectivity index (χ0) is 17.9. The van der Waals surface area contributed by atoms with Crippen molar-refractivity contribution in [1.29, 1.82) is 0 Å². The average Bonchev–Trinajstić information content (AvgIpc) is 2.54. The standard InChI is InChI=1S/C18H20F3N3/c1-5-23(3)11-22-16-9-14(20)10-18(12(16)2)24(4)17-7-6-13(19)8-15(17)21/h6-11H,5H2,1-4H3. The third-order valence-corrected chi connectivity index (χ3v) is 3.84. The second kappa shape index (κ2) is 7.38. The first-order valence-electron chi connectivity index (χ1n) is 7.56. The summed E-state index contributed by atoms with van der Waals surface area (Å²) in [5, 5.41) is 0. The second-order valence-corrected chi connectivity index (χ2v) is 5.54. The molecular formula is C18H20F3N3. The van der Waals surface area contributed by atoms with Gasteiger partial charge in [0, 0.05) is 32.4 Å². The monoisotopic (exact) mass is 335 g/mol. The van der Waals surface area contributed by atoms with E-state index in [9.17, 15) is 13.2 Å². The predicted octanol–water partition coefficient (Wildman–Crippen LogP) is 4.79. The number of rotatable bonds is 5. The third kappa shape index (κ3) is 3.88. The first-order chi connectivity index (χ1) is 11.3.